The quantitative estimate of drug-likeness (QED) is 0.554. The van der Waals surface area contributed by atoms with Crippen molar-refractivity contribution in [3.63, 3.8) is 0 Å². The number of benzene rings is 2. The van der Waals surface area contributed by atoms with Crippen LogP contribution in [-0.4, -0.2) is 37.0 Å². The van der Waals surface area contributed by atoms with Gasteiger partial charge in [-0.25, -0.2) is 4.68 Å². The lowest BCUT2D eigenvalue weighted by Crippen LogP contribution is -2.33. The molecule has 0 amide bonds. The van der Waals surface area contributed by atoms with Crippen LogP contribution in [-0.2, 0) is 4.79 Å². The molecule has 0 spiro atoms. The number of fused-ring (bicyclic) bond motifs is 1. The number of allylic oxidation sites excluding steroid dienone is 2. The molecule has 0 unspecified atom stereocenters. The van der Waals surface area contributed by atoms with Crippen LogP contribution in [0.15, 0.2) is 65.0 Å². The number of nitrogens with one attached hydrogen (secondary N) is 1. The molecule has 3 N–H and O–H groups in total. The van der Waals surface area contributed by atoms with Gasteiger partial charge in [0.2, 0.25) is 11.1 Å². The number of aromatic nitrogens is 3. The first kappa shape index (κ1) is 18.7. The van der Waals surface area contributed by atoms with E-state index in [-0.39, 0.29) is 23.2 Å². The van der Waals surface area contributed by atoms with Crippen molar-refractivity contribution >= 4 is 23.5 Å². The number of carbonyl (C=O) groups is 1. The number of rotatable bonds is 3. The number of hydrogen-bond donors (Lipinski definition) is 3. The molecule has 2 atom stereocenters. The van der Waals surface area contributed by atoms with E-state index in [1.54, 1.807) is 28.9 Å². The van der Waals surface area contributed by atoms with Crippen molar-refractivity contribution in [2.45, 2.75) is 30.0 Å². The summed E-state index contributed by atoms with van der Waals surface area (Å²) in [5.41, 5.74) is 3.11. The second kappa shape index (κ2) is 7.21. The van der Waals surface area contributed by atoms with Crippen LogP contribution in [0.25, 0.3) is 0 Å². The number of nitrogens with zero attached hydrogens (tertiary/aromatic N) is 3. The fourth-order valence-corrected chi connectivity index (χ4v) is 4.64. The minimum Gasteiger partial charge on any atom is -0.508 e. The lowest BCUT2D eigenvalue weighted by molar-refractivity contribution is -0.116. The molecule has 2 heterocycles. The zero-order chi connectivity index (χ0) is 20.8. The van der Waals surface area contributed by atoms with Gasteiger partial charge in [0, 0.05) is 23.6 Å². The van der Waals surface area contributed by atoms with E-state index in [0.717, 1.165) is 16.8 Å². The lowest BCUT2D eigenvalue weighted by Gasteiger charge is -2.35. The number of phenolic OH excluding ortho intramolecular Hbond substituents is 2. The summed E-state index contributed by atoms with van der Waals surface area (Å²) >= 11 is 1.44. The molecule has 2 aromatic carbocycles. The summed E-state index contributed by atoms with van der Waals surface area (Å²) in [6, 6.07) is 13.6. The van der Waals surface area contributed by atoms with E-state index >= 15 is 0 Å². The fraction of sp³-hybridized carbons (Fsp3) is 0.227. The number of carbonyl (C=O) groups excluding carboxylic acids is 1. The summed E-state index contributed by atoms with van der Waals surface area (Å²) < 4.78 is 1.75. The minimum absolute atomic E-state index is 0.0157. The Morgan fingerprint density at radius 2 is 1.87 bits per heavy atom. The average molecular weight is 420 g/mol. The highest BCUT2D eigenvalue weighted by molar-refractivity contribution is 7.98. The number of aromatic hydroxyl groups is 2. The van der Waals surface area contributed by atoms with Gasteiger partial charge in [-0.05, 0) is 42.0 Å². The molecule has 8 heteroatoms. The van der Waals surface area contributed by atoms with Gasteiger partial charge in [0.15, 0.2) is 5.78 Å². The maximum Gasteiger partial charge on any atom is 0.227 e. The van der Waals surface area contributed by atoms with E-state index in [2.05, 4.69) is 15.4 Å². The smallest absolute Gasteiger partial charge is 0.227 e. The van der Waals surface area contributed by atoms with Crippen LogP contribution in [0.5, 0.6) is 11.5 Å². The van der Waals surface area contributed by atoms with Gasteiger partial charge < -0.3 is 15.5 Å². The summed E-state index contributed by atoms with van der Waals surface area (Å²) in [7, 11) is 0. The highest BCUT2D eigenvalue weighted by Gasteiger charge is 2.40. The van der Waals surface area contributed by atoms with Gasteiger partial charge in [-0.2, -0.15) is 4.98 Å². The van der Waals surface area contributed by atoms with Crippen molar-refractivity contribution in [1.82, 2.24) is 14.8 Å². The van der Waals surface area contributed by atoms with Crippen LogP contribution >= 0.6 is 11.8 Å². The molecule has 0 saturated heterocycles. The van der Waals surface area contributed by atoms with Gasteiger partial charge in [-0.15, -0.1) is 5.10 Å². The van der Waals surface area contributed by atoms with Gasteiger partial charge in [-0.1, -0.05) is 42.1 Å². The van der Waals surface area contributed by atoms with Gasteiger partial charge in [0.05, 0.1) is 0 Å². The predicted molar refractivity (Wildman–Crippen MR) is 114 cm³/mol. The van der Waals surface area contributed by atoms with Crippen molar-refractivity contribution < 1.29 is 15.0 Å². The molecule has 1 aliphatic carbocycles. The molecular weight excluding hydrogens is 400 g/mol. The molecule has 0 fully saturated rings. The van der Waals surface area contributed by atoms with E-state index in [1.165, 1.54) is 11.8 Å². The molecule has 30 heavy (non-hydrogen) atoms. The SMILES string of the molecule is CSc1nc2n(n1)[C@@H](c1ccc(O)cc1)C1=C(C[C@@H](c3ccccc3O)CC1=O)N2. The third-order valence-electron chi connectivity index (χ3n) is 5.67. The summed E-state index contributed by atoms with van der Waals surface area (Å²) in [6.45, 7) is 0. The van der Waals surface area contributed by atoms with Gasteiger partial charge in [0.25, 0.3) is 0 Å². The van der Waals surface area contributed by atoms with Crippen molar-refractivity contribution in [1.29, 1.82) is 0 Å². The second-order valence-electron chi connectivity index (χ2n) is 7.47. The first-order valence-electron chi connectivity index (χ1n) is 9.65. The Bertz CT molecular complexity index is 1170. The summed E-state index contributed by atoms with van der Waals surface area (Å²) in [5, 5.41) is 28.5. The molecule has 1 aliphatic heterocycles. The average Bonchev–Trinajstić information content (AvgIpc) is 3.16. The maximum atomic E-state index is 13.4. The van der Waals surface area contributed by atoms with Crippen LogP contribution in [0.2, 0.25) is 0 Å². The minimum atomic E-state index is -0.414. The van der Waals surface area contributed by atoms with Crippen molar-refractivity contribution in [2.24, 2.45) is 0 Å². The number of thioether (sulfide) groups is 1. The van der Waals surface area contributed by atoms with Crippen LogP contribution in [0.3, 0.4) is 0 Å². The number of phenols is 2. The van der Waals surface area contributed by atoms with Gasteiger partial charge >= 0.3 is 0 Å². The third kappa shape index (κ3) is 3.04. The lowest BCUT2D eigenvalue weighted by atomic mass is 9.77. The number of Topliss-reactive ketones (excluding diaryl/α,β-unsaturated/α-hetero) is 1. The first-order valence-corrected chi connectivity index (χ1v) is 10.9. The molecular formula is C22H20N4O3S. The standard InChI is InChI=1S/C22H20N4O3S/c1-30-22-24-21-23-16-10-13(15-4-2-3-5-17(15)28)11-18(29)19(16)20(26(21)25-22)12-6-8-14(27)9-7-12/h2-9,13,20,27-28H,10-11H2,1H3,(H,23,24,25)/t13-,20+/m1/s1. The van der Waals surface area contributed by atoms with Crippen LogP contribution in [0.1, 0.15) is 35.9 Å². The van der Waals surface area contributed by atoms with E-state index in [0.29, 0.717) is 29.5 Å². The molecule has 5 rings (SSSR count). The Morgan fingerprint density at radius 1 is 1.10 bits per heavy atom. The monoisotopic (exact) mass is 420 g/mol. The highest BCUT2D eigenvalue weighted by Crippen LogP contribution is 2.45. The number of para-hydroxylation sites is 1. The summed E-state index contributed by atoms with van der Waals surface area (Å²) in [5.74, 6) is 0.863. The molecule has 7 nitrogen and oxygen atoms in total. The number of anilines is 1. The molecule has 0 radical (unpaired) electrons. The second-order valence-corrected chi connectivity index (χ2v) is 8.24. The third-order valence-corrected chi connectivity index (χ3v) is 6.21. The Hall–Kier alpha value is -3.26. The zero-order valence-electron chi connectivity index (χ0n) is 16.2. The first-order chi connectivity index (χ1) is 14.5. The van der Waals surface area contributed by atoms with Crippen molar-refractivity contribution in [2.75, 3.05) is 11.6 Å². The molecule has 0 bridgehead atoms. The number of ketones is 1. The summed E-state index contributed by atoms with van der Waals surface area (Å²) in [4.78, 5) is 17.9. The predicted octanol–water partition coefficient (Wildman–Crippen LogP) is 3.83. The Kier molecular flexibility index (Phi) is 4.51. The number of hydrogen-bond acceptors (Lipinski definition) is 7. The largest absolute Gasteiger partial charge is 0.508 e. The Labute approximate surface area is 177 Å². The Morgan fingerprint density at radius 3 is 2.60 bits per heavy atom. The van der Waals surface area contributed by atoms with E-state index in [9.17, 15) is 15.0 Å². The van der Waals surface area contributed by atoms with Gasteiger partial charge in [-0.3, -0.25) is 4.79 Å². The summed E-state index contributed by atoms with van der Waals surface area (Å²) in [6.07, 6.45) is 2.81. The molecule has 3 aromatic rings. The normalized spacial score (nSPS) is 20.5. The van der Waals surface area contributed by atoms with E-state index < -0.39 is 6.04 Å². The van der Waals surface area contributed by atoms with E-state index in [1.807, 2.05) is 30.5 Å². The molecule has 1 aromatic heterocycles. The van der Waals surface area contributed by atoms with Crippen LogP contribution in [0.4, 0.5) is 5.95 Å². The van der Waals surface area contributed by atoms with E-state index in [4.69, 9.17) is 0 Å². The molecule has 2 aliphatic rings. The van der Waals surface area contributed by atoms with Crippen molar-refractivity contribution in [3.8, 4) is 11.5 Å². The molecule has 0 saturated carbocycles. The Balaban J connectivity index is 1.62. The highest BCUT2D eigenvalue weighted by atomic mass is 32.2. The fourth-order valence-electron chi connectivity index (χ4n) is 4.30. The van der Waals surface area contributed by atoms with Crippen molar-refractivity contribution in [3.05, 3.63) is 70.9 Å². The van der Waals surface area contributed by atoms with Crippen LogP contribution < -0.4 is 5.32 Å². The maximum absolute atomic E-state index is 13.4. The molecule has 152 valence electrons. The van der Waals surface area contributed by atoms with Crippen LogP contribution in [0, 0.1) is 0 Å². The zero-order valence-corrected chi connectivity index (χ0v) is 17.1. The topological polar surface area (TPSA) is 100 Å². The van der Waals surface area contributed by atoms with Gasteiger partial charge in [0.1, 0.15) is 17.5 Å².